The molecule has 2 rings (SSSR count). The maximum absolute atomic E-state index is 12.7. The first-order valence-corrected chi connectivity index (χ1v) is 6.60. The molecule has 0 saturated carbocycles. The van der Waals surface area contributed by atoms with Gasteiger partial charge >= 0.3 is 5.97 Å². The van der Waals surface area contributed by atoms with Crippen LogP contribution in [0, 0.1) is 0 Å². The number of hydrogen-bond donors (Lipinski definition) is 0. The highest BCUT2D eigenvalue weighted by molar-refractivity contribution is 6.15. The summed E-state index contributed by atoms with van der Waals surface area (Å²) in [5.74, 6) is -0.700. The van der Waals surface area contributed by atoms with Crippen LogP contribution in [-0.2, 0) is 11.2 Å². The lowest BCUT2D eigenvalue weighted by molar-refractivity contribution is 0.0597. The largest absolute Gasteiger partial charge is 0.465 e. The molecule has 3 heteroatoms. The van der Waals surface area contributed by atoms with E-state index in [1.54, 1.807) is 42.5 Å². The molecule has 3 nitrogen and oxygen atoms in total. The topological polar surface area (TPSA) is 43.4 Å². The standard InChI is InChI=1S/C18H16O3/c1-3-8-13-11-7-12-15(18(20)21-2)16(13)17(19)14-9-5-4-6-10-14/h3-7,9-12H,1,8H2,2H3. The minimum atomic E-state index is -0.514. The van der Waals surface area contributed by atoms with E-state index >= 15 is 0 Å². The second-order valence-electron chi connectivity index (χ2n) is 4.52. The predicted molar refractivity (Wildman–Crippen MR) is 81.6 cm³/mol. The number of rotatable bonds is 5. The van der Waals surface area contributed by atoms with E-state index in [-0.39, 0.29) is 11.3 Å². The molecule has 0 atom stereocenters. The number of esters is 1. The lowest BCUT2D eigenvalue weighted by Gasteiger charge is -2.12. The molecular formula is C18H16O3. The molecule has 0 N–H and O–H groups in total. The zero-order valence-electron chi connectivity index (χ0n) is 11.8. The Kier molecular flexibility index (Phi) is 4.67. The smallest absolute Gasteiger partial charge is 0.338 e. The molecule has 21 heavy (non-hydrogen) atoms. The van der Waals surface area contributed by atoms with Crippen LogP contribution >= 0.6 is 0 Å². The minimum absolute atomic E-state index is 0.187. The average molecular weight is 280 g/mol. The maximum Gasteiger partial charge on any atom is 0.338 e. The third kappa shape index (κ3) is 3.08. The molecular weight excluding hydrogens is 264 g/mol. The van der Waals surface area contributed by atoms with Gasteiger partial charge in [-0.05, 0) is 18.1 Å². The van der Waals surface area contributed by atoms with Crippen LogP contribution in [0.15, 0.2) is 61.2 Å². The number of ketones is 1. The average Bonchev–Trinajstić information content (AvgIpc) is 2.54. The lowest BCUT2D eigenvalue weighted by atomic mass is 9.92. The van der Waals surface area contributed by atoms with Crippen LogP contribution in [0.4, 0.5) is 0 Å². The van der Waals surface area contributed by atoms with Crippen molar-refractivity contribution in [1.29, 1.82) is 0 Å². The Morgan fingerprint density at radius 1 is 1.10 bits per heavy atom. The first kappa shape index (κ1) is 14.7. The molecule has 106 valence electrons. The van der Waals surface area contributed by atoms with Crippen LogP contribution in [0.5, 0.6) is 0 Å². The van der Waals surface area contributed by atoms with Gasteiger partial charge in [0.1, 0.15) is 0 Å². The first-order chi connectivity index (χ1) is 10.2. The molecule has 2 aromatic rings. The summed E-state index contributed by atoms with van der Waals surface area (Å²) in [6.07, 6.45) is 2.22. The van der Waals surface area contributed by atoms with Crippen LogP contribution in [0.25, 0.3) is 0 Å². The SMILES string of the molecule is C=CCc1cccc(C(=O)OC)c1C(=O)c1ccccc1. The minimum Gasteiger partial charge on any atom is -0.465 e. The van der Waals surface area contributed by atoms with E-state index in [0.717, 1.165) is 5.56 Å². The summed E-state index contributed by atoms with van der Waals surface area (Å²) in [4.78, 5) is 24.7. The van der Waals surface area contributed by atoms with Crippen molar-refractivity contribution in [3.8, 4) is 0 Å². The number of benzene rings is 2. The van der Waals surface area contributed by atoms with Gasteiger partial charge in [-0.1, -0.05) is 48.5 Å². The Hall–Kier alpha value is -2.68. The number of methoxy groups -OCH3 is 1. The highest BCUT2D eigenvalue weighted by Crippen LogP contribution is 2.21. The number of ether oxygens (including phenoxy) is 1. The van der Waals surface area contributed by atoms with E-state index in [0.29, 0.717) is 17.5 Å². The predicted octanol–water partition coefficient (Wildman–Crippen LogP) is 3.43. The van der Waals surface area contributed by atoms with Crippen molar-refractivity contribution < 1.29 is 14.3 Å². The van der Waals surface area contributed by atoms with Gasteiger partial charge in [-0.15, -0.1) is 6.58 Å². The fourth-order valence-electron chi connectivity index (χ4n) is 2.21. The molecule has 0 unspecified atom stereocenters. The van der Waals surface area contributed by atoms with Gasteiger partial charge < -0.3 is 4.74 Å². The van der Waals surface area contributed by atoms with Crippen molar-refractivity contribution in [3.63, 3.8) is 0 Å². The highest BCUT2D eigenvalue weighted by Gasteiger charge is 2.21. The van der Waals surface area contributed by atoms with Crippen molar-refractivity contribution in [2.75, 3.05) is 7.11 Å². The summed E-state index contributed by atoms with van der Waals surface area (Å²) in [7, 11) is 1.30. The summed E-state index contributed by atoms with van der Waals surface area (Å²) < 4.78 is 4.78. The number of carbonyl (C=O) groups excluding carboxylic acids is 2. The second-order valence-corrected chi connectivity index (χ2v) is 4.52. The molecule has 0 radical (unpaired) electrons. The van der Waals surface area contributed by atoms with Crippen molar-refractivity contribution in [2.24, 2.45) is 0 Å². The molecule has 0 amide bonds. The third-order valence-electron chi connectivity index (χ3n) is 3.18. The number of hydrogen-bond acceptors (Lipinski definition) is 3. The Labute approximate surface area is 123 Å². The van der Waals surface area contributed by atoms with E-state index < -0.39 is 5.97 Å². The molecule has 0 fully saturated rings. The quantitative estimate of drug-likeness (QED) is 0.479. The fourth-order valence-corrected chi connectivity index (χ4v) is 2.21. The molecule has 2 aromatic carbocycles. The van der Waals surface area contributed by atoms with E-state index in [4.69, 9.17) is 4.74 Å². The zero-order chi connectivity index (χ0) is 15.2. The van der Waals surface area contributed by atoms with Crippen LogP contribution in [0.2, 0.25) is 0 Å². The van der Waals surface area contributed by atoms with Gasteiger partial charge in [0.2, 0.25) is 0 Å². The van der Waals surface area contributed by atoms with Gasteiger partial charge in [0.25, 0.3) is 0 Å². The molecule has 0 aliphatic heterocycles. The van der Waals surface area contributed by atoms with Crippen LogP contribution < -0.4 is 0 Å². The van der Waals surface area contributed by atoms with E-state index in [2.05, 4.69) is 6.58 Å². The molecule has 0 spiro atoms. The van der Waals surface area contributed by atoms with Crippen LogP contribution in [-0.4, -0.2) is 18.9 Å². The van der Waals surface area contributed by atoms with Crippen molar-refractivity contribution in [2.45, 2.75) is 6.42 Å². The van der Waals surface area contributed by atoms with Gasteiger partial charge in [-0.25, -0.2) is 4.79 Å². The molecule has 0 aliphatic rings. The second kappa shape index (κ2) is 6.66. The number of carbonyl (C=O) groups is 2. The lowest BCUT2D eigenvalue weighted by Crippen LogP contribution is -2.14. The Morgan fingerprint density at radius 2 is 1.81 bits per heavy atom. The normalized spacial score (nSPS) is 9.95. The van der Waals surface area contributed by atoms with Gasteiger partial charge in [-0.2, -0.15) is 0 Å². The van der Waals surface area contributed by atoms with Gasteiger partial charge in [0, 0.05) is 11.1 Å². The van der Waals surface area contributed by atoms with Crippen molar-refractivity contribution >= 4 is 11.8 Å². The molecule has 0 bridgehead atoms. The summed E-state index contributed by atoms with van der Waals surface area (Å²) in [6, 6.07) is 14.1. The Bertz CT molecular complexity index is 672. The number of allylic oxidation sites excluding steroid dienone is 1. The van der Waals surface area contributed by atoms with Crippen LogP contribution in [0.1, 0.15) is 31.8 Å². The Balaban J connectivity index is 2.61. The monoisotopic (exact) mass is 280 g/mol. The van der Waals surface area contributed by atoms with E-state index in [9.17, 15) is 9.59 Å². The summed E-state index contributed by atoms with van der Waals surface area (Å²) in [6.45, 7) is 3.70. The van der Waals surface area contributed by atoms with Gasteiger partial charge in [0.15, 0.2) is 5.78 Å². The molecule has 0 aromatic heterocycles. The van der Waals surface area contributed by atoms with Crippen molar-refractivity contribution in [1.82, 2.24) is 0 Å². The zero-order valence-corrected chi connectivity index (χ0v) is 11.8. The molecule has 0 saturated heterocycles. The molecule has 0 aliphatic carbocycles. The Morgan fingerprint density at radius 3 is 2.43 bits per heavy atom. The van der Waals surface area contributed by atoms with E-state index in [1.165, 1.54) is 7.11 Å². The van der Waals surface area contributed by atoms with Gasteiger partial charge in [-0.3, -0.25) is 4.79 Å². The third-order valence-corrected chi connectivity index (χ3v) is 3.18. The summed E-state index contributed by atoms with van der Waals surface area (Å²) in [5, 5.41) is 0. The highest BCUT2D eigenvalue weighted by atomic mass is 16.5. The first-order valence-electron chi connectivity index (χ1n) is 6.60. The maximum atomic E-state index is 12.7. The van der Waals surface area contributed by atoms with Gasteiger partial charge in [0.05, 0.1) is 12.7 Å². The van der Waals surface area contributed by atoms with Crippen molar-refractivity contribution in [3.05, 3.63) is 83.4 Å². The van der Waals surface area contributed by atoms with E-state index in [1.807, 2.05) is 12.1 Å². The fraction of sp³-hybridized carbons (Fsp3) is 0.111. The summed E-state index contributed by atoms with van der Waals surface area (Å²) in [5.41, 5.74) is 1.97. The molecule has 0 heterocycles. The van der Waals surface area contributed by atoms with Crippen LogP contribution in [0.3, 0.4) is 0 Å². The summed E-state index contributed by atoms with van der Waals surface area (Å²) >= 11 is 0.